The summed E-state index contributed by atoms with van der Waals surface area (Å²) in [6.07, 6.45) is 22.4. The van der Waals surface area contributed by atoms with Crippen LogP contribution in [0.15, 0.2) is 0 Å². The van der Waals surface area contributed by atoms with E-state index in [4.69, 9.17) is 5.11 Å². The van der Waals surface area contributed by atoms with E-state index in [1.165, 1.54) is 83.5 Å². The van der Waals surface area contributed by atoms with Gasteiger partial charge < -0.3 is 10.4 Å². The van der Waals surface area contributed by atoms with Gasteiger partial charge in [0.05, 0.1) is 0 Å². The molecule has 0 saturated carbocycles. The lowest BCUT2D eigenvalue weighted by molar-refractivity contribution is -0.121. The largest absolute Gasteiger partial charge is 0.396 e. The van der Waals surface area contributed by atoms with Gasteiger partial charge in [0.1, 0.15) is 0 Å². The van der Waals surface area contributed by atoms with Crippen LogP contribution < -0.4 is 5.32 Å². The zero-order valence-electron chi connectivity index (χ0n) is 17.0. The molecule has 1 amide bonds. The Bertz CT molecular complexity index is 269. The summed E-state index contributed by atoms with van der Waals surface area (Å²) in [4.78, 5) is 11.6. The summed E-state index contributed by atoms with van der Waals surface area (Å²) in [5, 5.41) is 11.7. The maximum absolute atomic E-state index is 11.6. The smallest absolute Gasteiger partial charge is 0.219 e. The molecule has 3 heteroatoms. The zero-order chi connectivity index (χ0) is 18.4. The molecule has 0 saturated heterocycles. The van der Waals surface area contributed by atoms with E-state index in [0.717, 1.165) is 32.2 Å². The molecule has 0 spiro atoms. The van der Waals surface area contributed by atoms with Crippen LogP contribution >= 0.6 is 0 Å². The Labute approximate surface area is 157 Å². The van der Waals surface area contributed by atoms with E-state index in [0.29, 0.717) is 6.42 Å². The Morgan fingerprint density at radius 2 is 1.08 bits per heavy atom. The summed E-state index contributed by atoms with van der Waals surface area (Å²) in [5.41, 5.74) is 0. The number of nitrogens with one attached hydrogen (secondary N) is 1. The molecule has 0 aliphatic carbocycles. The Morgan fingerprint density at radius 1 is 0.640 bits per heavy atom. The fraction of sp³-hybridized carbons (Fsp3) is 0.955. The van der Waals surface area contributed by atoms with Crippen molar-refractivity contribution in [2.24, 2.45) is 0 Å². The first-order valence-corrected chi connectivity index (χ1v) is 11.2. The van der Waals surface area contributed by atoms with Crippen molar-refractivity contribution in [1.29, 1.82) is 0 Å². The predicted molar refractivity (Wildman–Crippen MR) is 109 cm³/mol. The summed E-state index contributed by atoms with van der Waals surface area (Å²) in [6.45, 7) is 3.34. The highest BCUT2D eigenvalue weighted by atomic mass is 16.2. The number of amides is 1. The lowest BCUT2D eigenvalue weighted by Crippen LogP contribution is -2.23. The molecule has 3 nitrogen and oxygen atoms in total. The van der Waals surface area contributed by atoms with Crippen molar-refractivity contribution in [3.8, 4) is 0 Å². The topological polar surface area (TPSA) is 49.3 Å². The number of unbranched alkanes of at least 4 members (excludes halogenated alkanes) is 15. The van der Waals surface area contributed by atoms with Gasteiger partial charge in [-0.1, -0.05) is 96.8 Å². The molecule has 0 atom stereocenters. The number of hydrogen-bond acceptors (Lipinski definition) is 2. The van der Waals surface area contributed by atoms with Crippen molar-refractivity contribution in [3.63, 3.8) is 0 Å². The van der Waals surface area contributed by atoms with Gasteiger partial charge in [0.15, 0.2) is 0 Å². The van der Waals surface area contributed by atoms with Crippen LogP contribution in [0.25, 0.3) is 0 Å². The number of hydrogen-bond donors (Lipinski definition) is 2. The predicted octanol–water partition coefficient (Wildman–Crippen LogP) is 6.14. The van der Waals surface area contributed by atoms with E-state index < -0.39 is 0 Å². The molecule has 0 aromatic heterocycles. The first-order valence-electron chi connectivity index (χ1n) is 11.2. The summed E-state index contributed by atoms with van der Waals surface area (Å²) in [7, 11) is 0. The fourth-order valence-electron chi connectivity index (χ4n) is 3.21. The molecule has 0 bridgehead atoms. The van der Waals surface area contributed by atoms with E-state index >= 15 is 0 Å². The van der Waals surface area contributed by atoms with Crippen LogP contribution in [-0.2, 0) is 4.79 Å². The third-order valence-electron chi connectivity index (χ3n) is 4.91. The molecule has 0 aromatic carbocycles. The molecule has 25 heavy (non-hydrogen) atoms. The second-order valence-electron chi connectivity index (χ2n) is 7.48. The van der Waals surface area contributed by atoms with Crippen molar-refractivity contribution in [1.82, 2.24) is 5.32 Å². The van der Waals surface area contributed by atoms with Gasteiger partial charge in [-0.25, -0.2) is 0 Å². The molecule has 150 valence electrons. The molecule has 0 heterocycles. The van der Waals surface area contributed by atoms with Crippen LogP contribution in [-0.4, -0.2) is 24.2 Å². The summed E-state index contributed by atoms with van der Waals surface area (Å²) >= 11 is 0. The SMILES string of the molecule is CCCCCCCCCCCCCCCCNC(=O)CCCCCO. The fourth-order valence-corrected chi connectivity index (χ4v) is 3.21. The van der Waals surface area contributed by atoms with Gasteiger partial charge in [-0.05, 0) is 19.3 Å². The number of carbonyl (C=O) groups excluding carboxylic acids is 1. The minimum absolute atomic E-state index is 0.174. The molecular weight excluding hydrogens is 310 g/mol. The van der Waals surface area contributed by atoms with Gasteiger partial charge in [-0.2, -0.15) is 0 Å². The Balaban J connectivity index is 3.08. The second-order valence-corrected chi connectivity index (χ2v) is 7.48. The van der Waals surface area contributed by atoms with Gasteiger partial charge in [-0.15, -0.1) is 0 Å². The van der Waals surface area contributed by atoms with Crippen molar-refractivity contribution >= 4 is 5.91 Å². The average Bonchev–Trinajstić information content (AvgIpc) is 2.62. The highest BCUT2D eigenvalue weighted by Gasteiger charge is 2.00. The second kappa shape index (κ2) is 21.5. The van der Waals surface area contributed by atoms with E-state index in [-0.39, 0.29) is 12.5 Å². The number of rotatable bonds is 20. The molecule has 0 aliphatic heterocycles. The van der Waals surface area contributed by atoms with E-state index in [2.05, 4.69) is 12.2 Å². The molecule has 2 N–H and O–H groups in total. The molecule has 0 aromatic rings. The van der Waals surface area contributed by atoms with Gasteiger partial charge in [0.2, 0.25) is 5.91 Å². The molecule has 0 radical (unpaired) electrons. The minimum Gasteiger partial charge on any atom is -0.396 e. The minimum atomic E-state index is 0.174. The normalized spacial score (nSPS) is 11.0. The van der Waals surface area contributed by atoms with Gasteiger partial charge >= 0.3 is 0 Å². The quantitative estimate of drug-likeness (QED) is 0.258. The van der Waals surface area contributed by atoms with Crippen LogP contribution in [0.5, 0.6) is 0 Å². The van der Waals surface area contributed by atoms with E-state index in [1.54, 1.807) is 0 Å². The number of carbonyl (C=O) groups is 1. The molecule has 0 rings (SSSR count). The number of aliphatic hydroxyl groups excluding tert-OH is 1. The van der Waals surface area contributed by atoms with Crippen molar-refractivity contribution in [2.75, 3.05) is 13.2 Å². The van der Waals surface area contributed by atoms with Crippen LogP contribution in [0.3, 0.4) is 0 Å². The Kier molecular flexibility index (Phi) is 21.0. The highest BCUT2D eigenvalue weighted by Crippen LogP contribution is 2.12. The molecule has 0 aliphatic rings. The zero-order valence-corrected chi connectivity index (χ0v) is 17.0. The average molecular weight is 356 g/mol. The Hall–Kier alpha value is -0.570. The lowest BCUT2D eigenvalue weighted by Gasteiger charge is -2.05. The van der Waals surface area contributed by atoms with Gasteiger partial charge in [0.25, 0.3) is 0 Å². The van der Waals surface area contributed by atoms with Crippen LogP contribution in [0.4, 0.5) is 0 Å². The lowest BCUT2D eigenvalue weighted by atomic mass is 10.0. The van der Waals surface area contributed by atoms with Crippen LogP contribution in [0, 0.1) is 0 Å². The van der Waals surface area contributed by atoms with E-state index in [9.17, 15) is 4.79 Å². The summed E-state index contributed by atoms with van der Waals surface area (Å²) in [5.74, 6) is 0.174. The van der Waals surface area contributed by atoms with Gasteiger partial charge in [-0.3, -0.25) is 4.79 Å². The first-order chi connectivity index (χ1) is 12.3. The first kappa shape index (κ1) is 24.4. The molecule has 0 unspecified atom stereocenters. The number of aliphatic hydroxyl groups is 1. The van der Waals surface area contributed by atoms with Gasteiger partial charge in [0, 0.05) is 19.6 Å². The molecular formula is C22H45NO2. The third kappa shape index (κ3) is 21.4. The van der Waals surface area contributed by atoms with E-state index in [1.807, 2.05) is 0 Å². The maximum Gasteiger partial charge on any atom is 0.219 e. The van der Waals surface area contributed by atoms with Crippen molar-refractivity contribution in [3.05, 3.63) is 0 Å². The van der Waals surface area contributed by atoms with Crippen LogP contribution in [0.2, 0.25) is 0 Å². The monoisotopic (exact) mass is 355 g/mol. The highest BCUT2D eigenvalue weighted by molar-refractivity contribution is 5.75. The third-order valence-corrected chi connectivity index (χ3v) is 4.91. The van der Waals surface area contributed by atoms with Crippen molar-refractivity contribution in [2.45, 2.75) is 122 Å². The van der Waals surface area contributed by atoms with Crippen molar-refractivity contribution < 1.29 is 9.90 Å². The summed E-state index contributed by atoms with van der Waals surface area (Å²) < 4.78 is 0. The van der Waals surface area contributed by atoms with Crippen LogP contribution in [0.1, 0.15) is 122 Å². The summed E-state index contributed by atoms with van der Waals surface area (Å²) in [6, 6.07) is 0. The molecule has 0 fully saturated rings. The standard InChI is InChI=1S/C22H45NO2/c1-2-3-4-5-6-7-8-9-10-11-12-13-14-17-20-23-22(25)19-16-15-18-21-24/h24H,2-21H2,1H3,(H,23,25). The Morgan fingerprint density at radius 3 is 1.56 bits per heavy atom. The maximum atomic E-state index is 11.6.